The van der Waals surface area contributed by atoms with Crippen molar-refractivity contribution in [1.82, 2.24) is 5.43 Å². The average Bonchev–Trinajstić information content (AvgIpc) is 3.26. The molecule has 1 saturated heterocycles. The number of benzene rings is 3. The van der Waals surface area contributed by atoms with Crippen LogP contribution in [0.1, 0.15) is 23.1 Å². The Kier molecular flexibility index (Phi) is 7.98. The van der Waals surface area contributed by atoms with E-state index in [-0.39, 0.29) is 37.3 Å². The summed E-state index contributed by atoms with van der Waals surface area (Å²) >= 11 is 6.14. The lowest BCUT2D eigenvalue weighted by molar-refractivity contribution is -0.125. The highest BCUT2D eigenvalue weighted by Crippen LogP contribution is 2.29. The molecule has 192 valence electrons. The summed E-state index contributed by atoms with van der Waals surface area (Å²) in [5.74, 6) is -0.946. The van der Waals surface area contributed by atoms with Crippen molar-refractivity contribution in [3.63, 3.8) is 0 Å². The van der Waals surface area contributed by atoms with Gasteiger partial charge in [-0.05, 0) is 74.4 Å². The van der Waals surface area contributed by atoms with E-state index in [2.05, 4.69) is 16.2 Å². The SMILES string of the molecule is Cc1ccc(N2C[C@H](C(=O)NNc3cc(Cl)ccc3OCC(=O)Nc3ccc(C)c(C)c3)CC2=O)cc1. The second-order valence-corrected chi connectivity index (χ2v) is 9.57. The predicted octanol–water partition coefficient (Wildman–Crippen LogP) is 4.78. The second kappa shape index (κ2) is 11.3. The van der Waals surface area contributed by atoms with Gasteiger partial charge in [-0.1, -0.05) is 35.4 Å². The Bertz CT molecular complexity index is 1330. The molecule has 3 aromatic carbocycles. The fourth-order valence-corrected chi connectivity index (χ4v) is 4.15. The number of ether oxygens (including phenoxy) is 1. The molecule has 1 aliphatic heterocycles. The fraction of sp³-hybridized carbons (Fsp3) is 0.250. The molecular weight excluding hydrogens is 492 g/mol. The van der Waals surface area contributed by atoms with Crippen molar-refractivity contribution in [1.29, 1.82) is 0 Å². The molecule has 0 saturated carbocycles. The van der Waals surface area contributed by atoms with Crippen LogP contribution in [0.5, 0.6) is 5.75 Å². The third-order valence-electron chi connectivity index (χ3n) is 6.25. The van der Waals surface area contributed by atoms with Crippen LogP contribution in [0.2, 0.25) is 5.02 Å². The number of carbonyl (C=O) groups excluding carboxylic acids is 3. The summed E-state index contributed by atoms with van der Waals surface area (Å²) in [6.45, 7) is 6.00. The zero-order valence-corrected chi connectivity index (χ0v) is 21.7. The van der Waals surface area contributed by atoms with Crippen LogP contribution >= 0.6 is 11.6 Å². The summed E-state index contributed by atoms with van der Waals surface area (Å²) in [6, 6.07) is 18.1. The highest BCUT2D eigenvalue weighted by Gasteiger charge is 2.35. The van der Waals surface area contributed by atoms with Gasteiger partial charge in [0.2, 0.25) is 11.8 Å². The largest absolute Gasteiger partial charge is 0.482 e. The first-order valence-corrected chi connectivity index (χ1v) is 12.3. The lowest BCUT2D eigenvalue weighted by atomic mass is 10.1. The Morgan fingerprint density at radius 2 is 1.76 bits per heavy atom. The lowest BCUT2D eigenvalue weighted by Gasteiger charge is -2.18. The zero-order valence-electron chi connectivity index (χ0n) is 20.9. The smallest absolute Gasteiger partial charge is 0.262 e. The molecule has 4 rings (SSSR count). The van der Waals surface area contributed by atoms with Crippen molar-refractivity contribution in [2.75, 3.05) is 28.8 Å². The van der Waals surface area contributed by atoms with E-state index < -0.39 is 5.92 Å². The van der Waals surface area contributed by atoms with E-state index in [9.17, 15) is 14.4 Å². The van der Waals surface area contributed by atoms with E-state index in [1.54, 1.807) is 23.1 Å². The molecular formula is C28H29ClN4O4. The number of nitrogens with one attached hydrogen (secondary N) is 3. The van der Waals surface area contributed by atoms with E-state index in [1.807, 2.05) is 63.2 Å². The molecule has 0 unspecified atom stereocenters. The molecule has 9 heteroatoms. The van der Waals surface area contributed by atoms with Gasteiger partial charge in [-0.2, -0.15) is 0 Å². The lowest BCUT2D eigenvalue weighted by Crippen LogP contribution is -2.36. The number of nitrogens with zero attached hydrogens (tertiary/aromatic N) is 1. The van der Waals surface area contributed by atoms with Crippen molar-refractivity contribution in [3.05, 3.63) is 82.4 Å². The Balaban J connectivity index is 1.34. The number of hydrogen-bond donors (Lipinski definition) is 3. The minimum Gasteiger partial charge on any atom is -0.482 e. The van der Waals surface area contributed by atoms with Crippen LogP contribution in [0.25, 0.3) is 0 Å². The van der Waals surface area contributed by atoms with Crippen LogP contribution in [-0.4, -0.2) is 30.9 Å². The van der Waals surface area contributed by atoms with E-state index in [0.717, 1.165) is 22.4 Å². The van der Waals surface area contributed by atoms with Gasteiger partial charge in [0.05, 0.1) is 11.6 Å². The molecule has 3 N–H and O–H groups in total. The van der Waals surface area contributed by atoms with Crippen molar-refractivity contribution in [2.45, 2.75) is 27.2 Å². The minimum atomic E-state index is -0.520. The van der Waals surface area contributed by atoms with Crippen LogP contribution in [0.15, 0.2) is 60.7 Å². The first-order valence-electron chi connectivity index (χ1n) is 11.9. The zero-order chi connectivity index (χ0) is 26.5. The molecule has 1 aliphatic rings. The summed E-state index contributed by atoms with van der Waals surface area (Å²) in [5, 5.41) is 3.23. The maximum atomic E-state index is 12.8. The number of rotatable bonds is 8. The van der Waals surface area contributed by atoms with E-state index in [4.69, 9.17) is 16.3 Å². The summed E-state index contributed by atoms with van der Waals surface area (Å²) in [6.07, 6.45) is 0.110. The predicted molar refractivity (Wildman–Crippen MR) is 145 cm³/mol. The van der Waals surface area contributed by atoms with Crippen molar-refractivity contribution >= 4 is 46.4 Å². The molecule has 1 fully saturated rings. The number of carbonyl (C=O) groups is 3. The third kappa shape index (κ3) is 6.59. The molecule has 1 atom stereocenters. The summed E-state index contributed by atoms with van der Waals surface area (Å²) in [4.78, 5) is 39.4. The Morgan fingerprint density at radius 3 is 2.49 bits per heavy atom. The van der Waals surface area contributed by atoms with Gasteiger partial charge in [0, 0.05) is 29.4 Å². The summed E-state index contributed by atoms with van der Waals surface area (Å²) in [7, 11) is 0. The van der Waals surface area contributed by atoms with Gasteiger partial charge in [-0.25, -0.2) is 0 Å². The van der Waals surface area contributed by atoms with Crippen LogP contribution in [0, 0.1) is 26.7 Å². The van der Waals surface area contributed by atoms with Gasteiger partial charge in [-0.3, -0.25) is 25.2 Å². The van der Waals surface area contributed by atoms with Crippen LogP contribution in [-0.2, 0) is 14.4 Å². The van der Waals surface area contributed by atoms with Gasteiger partial charge < -0.3 is 15.0 Å². The van der Waals surface area contributed by atoms with Gasteiger partial charge in [0.1, 0.15) is 5.75 Å². The molecule has 8 nitrogen and oxygen atoms in total. The summed E-state index contributed by atoms with van der Waals surface area (Å²) in [5.41, 5.74) is 10.6. The number of halogens is 1. The van der Waals surface area contributed by atoms with Crippen molar-refractivity contribution in [3.8, 4) is 5.75 Å². The quantitative estimate of drug-likeness (QED) is 0.371. The van der Waals surface area contributed by atoms with Gasteiger partial charge >= 0.3 is 0 Å². The molecule has 37 heavy (non-hydrogen) atoms. The van der Waals surface area contributed by atoms with E-state index in [1.165, 1.54) is 0 Å². The Hall–Kier alpha value is -4.04. The number of amides is 3. The van der Waals surface area contributed by atoms with Crippen molar-refractivity contribution < 1.29 is 19.1 Å². The topological polar surface area (TPSA) is 99.8 Å². The van der Waals surface area contributed by atoms with Crippen LogP contribution in [0.3, 0.4) is 0 Å². The summed E-state index contributed by atoms with van der Waals surface area (Å²) < 4.78 is 5.69. The van der Waals surface area contributed by atoms with E-state index in [0.29, 0.717) is 22.1 Å². The van der Waals surface area contributed by atoms with Crippen molar-refractivity contribution in [2.24, 2.45) is 5.92 Å². The minimum absolute atomic E-state index is 0.106. The normalized spacial score (nSPS) is 14.9. The Labute approximate surface area is 220 Å². The Morgan fingerprint density at radius 1 is 1.00 bits per heavy atom. The number of hydrogen-bond acceptors (Lipinski definition) is 5. The molecule has 0 bridgehead atoms. The maximum Gasteiger partial charge on any atom is 0.262 e. The molecule has 0 radical (unpaired) electrons. The highest BCUT2D eigenvalue weighted by molar-refractivity contribution is 6.31. The number of hydrazine groups is 1. The monoisotopic (exact) mass is 520 g/mol. The van der Waals surface area contributed by atoms with Gasteiger partial charge in [0.25, 0.3) is 5.91 Å². The van der Waals surface area contributed by atoms with Gasteiger partial charge in [-0.15, -0.1) is 0 Å². The second-order valence-electron chi connectivity index (χ2n) is 9.13. The maximum absolute atomic E-state index is 12.8. The average molecular weight is 521 g/mol. The highest BCUT2D eigenvalue weighted by atomic mass is 35.5. The molecule has 0 aromatic heterocycles. The molecule has 1 heterocycles. The number of anilines is 3. The van der Waals surface area contributed by atoms with Gasteiger partial charge in [0.15, 0.2) is 6.61 Å². The van der Waals surface area contributed by atoms with Crippen LogP contribution < -0.4 is 25.8 Å². The first kappa shape index (κ1) is 26.0. The standard InChI is InChI=1S/C28H29ClN4O4/c1-17-4-9-23(10-5-17)33-15-20(13-27(33)35)28(36)32-31-24-14-21(29)7-11-25(24)37-16-26(34)30-22-8-6-18(2)19(3)12-22/h4-12,14,20,31H,13,15-16H2,1-3H3,(H,30,34)(H,32,36)/t20-/m1/s1. The van der Waals surface area contributed by atoms with Crippen LogP contribution in [0.4, 0.5) is 17.1 Å². The molecule has 3 aromatic rings. The fourth-order valence-electron chi connectivity index (χ4n) is 3.97. The van der Waals surface area contributed by atoms with E-state index >= 15 is 0 Å². The third-order valence-corrected chi connectivity index (χ3v) is 6.49. The molecule has 0 spiro atoms. The molecule has 0 aliphatic carbocycles. The number of aryl methyl sites for hydroxylation is 3. The molecule has 3 amide bonds. The first-order chi connectivity index (χ1) is 17.7.